The van der Waals surface area contributed by atoms with Gasteiger partial charge in [-0.2, -0.15) is 5.10 Å². The van der Waals surface area contributed by atoms with Crippen molar-refractivity contribution in [2.24, 2.45) is 0 Å². The second kappa shape index (κ2) is 3.69. The maximum absolute atomic E-state index is 12.0. The maximum Gasteiger partial charge on any atom is 0.211 e. The number of nitrogens with zero attached hydrogens (tertiary/aromatic N) is 1. The molecule has 0 aliphatic heterocycles. The monoisotopic (exact) mass is 200 g/mol. The van der Waals surface area contributed by atoms with Crippen LogP contribution in [0.25, 0.3) is 0 Å². The Morgan fingerprint density at radius 1 is 1.27 bits per heavy atom. The Morgan fingerprint density at radius 3 is 2.67 bits per heavy atom. The zero-order valence-corrected chi connectivity index (χ0v) is 8.74. The summed E-state index contributed by atoms with van der Waals surface area (Å²) in [4.78, 5) is 12.0. The molecule has 0 saturated heterocycles. The van der Waals surface area contributed by atoms with Crippen molar-refractivity contribution >= 4 is 5.78 Å². The maximum atomic E-state index is 12.0. The molecule has 3 heteroatoms. The summed E-state index contributed by atoms with van der Waals surface area (Å²) in [6.45, 7) is 3.95. The molecular weight excluding hydrogens is 188 g/mol. The number of ketones is 1. The number of aromatic nitrogens is 2. The molecule has 76 valence electrons. The number of aromatic amines is 1. The first kappa shape index (κ1) is 9.65. The highest BCUT2D eigenvalue weighted by Crippen LogP contribution is 2.14. The van der Waals surface area contributed by atoms with Crippen LogP contribution in [0.3, 0.4) is 0 Å². The minimum Gasteiger partial charge on any atom is -0.287 e. The van der Waals surface area contributed by atoms with Gasteiger partial charge in [0, 0.05) is 11.8 Å². The van der Waals surface area contributed by atoms with Crippen molar-refractivity contribution in [3.63, 3.8) is 0 Å². The molecule has 2 rings (SSSR count). The van der Waals surface area contributed by atoms with Crippen LogP contribution < -0.4 is 0 Å². The van der Waals surface area contributed by atoms with E-state index in [1.807, 2.05) is 32.0 Å². The second-order valence-electron chi connectivity index (χ2n) is 3.62. The van der Waals surface area contributed by atoms with Gasteiger partial charge in [0.15, 0.2) is 0 Å². The molecule has 0 atom stereocenters. The van der Waals surface area contributed by atoms with Crippen molar-refractivity contribution in [3.8, 4) is 0 Å². The highest BCUT2D eigenvalue weighted by atomic mass is 16.1. The third-order valence-electron chi connectivity index (χ3n) is 2.37. The molecule has 0 bridgehead atoms. The van der Waals surface area contributed by atoms with E-state index in [-0.39, 0.29) is 5.78 Å². The van der Waals surface area contributed by atoms with Crippen molar-refractivity contribution in [3.05, 3.63) is 52.8 Å². The van der Waals surface area contributed by atoms with Crippen LogP contribution in [0, 0.1) is 13.8 Å². The van der Waals surface area contributed by atoms with Gasteiger partial charge in [0.05, 0.1) is 0 Å². The van der Waals surface area contributed by atoms with Crippen LogP contribution in [0.1, 0.15) is 27.2 Å². The zero-order chi connectivity index (χ0) is 10.8. The van der Waals surface area contributed by atoms with Crippen LogP contribution in [0.5, 0.6) is 0 Å². The van der Waals surface area contributed by atoms with Gasteiger partial charge in [-0.3, -0.25) is 9.89 Å². The smallest absolute Gasteiger partial charge is 0.211 e. The largest absolute Gasteiger partial charge is 0.287 e. The summed E-state index contributed by atoms with van der Waals surface area (Å²) < 4.78 is 0. The predicted octanol–water partition coefficient (Wildman–Crippen LogP) is 2.26. The van der Waals surface area contributed by atoms with Gasteiger partial charge in [0.2, 0.25) is 5.78 Å². The molecule has 3 nitrogen and oxygen atoms in total. The van der Waals surface area contributed by atoms with Gasteiger partial charge in [-0.15, -0.1) is 0 Å². The quantitative estimate of drug-likeness (QED) is 0.756. The number of carbonyl (C=O) groups is 1. The number of carbonyl (C=O) groups excluding carboxylic acids is 1. The lowest BCUT2D eigenvalue weighted by Crippen LogP contribution is -2.04. The summed E-state index contributed by atoms with van der Waals surface area (Å²) in [6, 6.07) is 7.48. The summed E-state index contributed by atoms with van der Waals surface area (Å²) in [5.74, 6) is -0.00926. The van der Waals surface area contributed by atoms with Gasteiger partial charge in [0.25, 0.3) is 0 Å². The first-order valence-electron chi connectivity index (χ1n) is 4.80. The molecule has 0 fully saturated rings. The van der Waals surface area contributed by atoms with Gasteiger partial charge < -0.3 is 0 Å². The minimum absolute atomic E-state index is 0.00926. The Kier molecular flexibility index (Phi) is 2.37. The Hall–Kier alpha value is -1.90. The fraction of sp³-hybridized carbons (Fsp3) is 0.167. The highest BCUT2D eigenvalue weighted by Gasteiger charge is 2.12. The first-order chi connectivity index (χ1) is 7.18. The molecule has 1 aromatic carbocycles. The normalized spacial score (nSPS) is 10.3. The summed E-state index contributed by atoms with van der Waals surface area (Å²) >= 11 is 0. The molecule has 0 radical (unpaired) electrons. The standard InChI is InChI=1S/C12H12N2O/c1-8-3-4-10(9(2)7-8)12(15)11-5-6-13-14-11/h3-7H,1-2H3,(H,13,14). The topological polar surface area (TPSA) is 45.8 Å². The van der Waals surface area contributed by atoms with Crippen LogP contribution in [-0.2, 0) is 0 Å². The molecule has 15 heavy (non-hydrogen) atoms. The Labute approximate surface area is 88.1 Å². The number of hydrogen-bond acceptors (Lipinski definition) is 2. The van der Waals surface area contributed by atoms with E-state index in [9.17, 15) is 4.79 Å². The van der Waals surface area contributed by atoms with E-state index in [0.717, 1.165) is 16.7 Å². The molecule has 1 heterocycles. The van der Waals surface area contributed by atoms with Crippen molar-refractivity contribution in [1.82, 2.24) is 10.2 Å². The molecule has 1 N–H and O–H groups in total. The number of benzene rings is 1. The van der Waals surface area contributed by atoms with Crippen LogP contribution in [0.15, 0.2) is 30.5 Å². The third kappa shape index (κ3) is 1.81. The van der Waals surface area contributed by atoms with E-state index in [2.05, 4.69) is 10.2 Å². The average molecular weight is 200 g/mol. The summed E-state index contributed by atoms with van der Waals surface area (Å²) in [5, 5.41) is 6.45. The van der Waals surface area contributed by atoms with Crippen LogP contribution in [0.2, 0.25) is 0 Å². The molecule has 0 amide bonds. The molecular formula is C12H12N2O. The Bertz CT molecular complexity index is 486. The molecule has 0 saturated carbocycles. The van der Waals surface area contributed by atoms with E-state index in [1.54, 1.807) is 12.3 Å². The summed E-state index contributed by atoms with van der Waals surface area (Å²) in [7, 11) is 0. The van der Waals surface area contributed by atoms with E-state index < -0.39 is 0 Å². The summed E-state index contributed by atoms with van der Waals surface area (Å²) in [6.07, 6.45) is 1.58. The van der Waals surface area contributed by atoms with Crippen molar-refractivity contribution in [2.45, 2.75) is 13.8 Å². The minimum atomic E-state index is -0.00926. The van der Waals surface area contributed by atoms with Gasteiger partial charge in [-0.1, -0.05) is 23.8 Å². The Balaban J connectivity index is 2.42. The van der Waals surface area contributed by atoms with Crippen molar-refractivity contribution in [2.75, 3.05) is 0 Å². The molecule has 0 aliphatic rings. The first-order valence-corrected chi connectivity index (χ1v) is 4.80. The fourth-order valence-electron chi connectivity index (χ4n) is 1.60. The van der Waals surface area contributed by atoms with E-state index >= 15 is 0 Å². The number of aryl methyl sites for hydroxylation is 2. The summed E-state index contributed by atoms with van der Waals surface area (Å²) in [5.41, 5.74) is 3.41. The van der Waals surface area contributed by atoms with Gasteiger partial charge in [-0.05, 0) is 25.5 Å². The van der Waals surface area contributed by atoms with Crippen molar-refractivity contribution < 1.29 is 4.79 Å². The van der Waals surface area contributed by atoms with Gasteiger partial charge in [0.1, 0.15) is 5.69 Å². The van der Waals surface area contributed by atoms with Crippen molar-refractivity contribution in [1.29, 1.82) is 0 Å². The SMILES string of the molecule is Cc1ccc(C(=O)c2ccn[nH]2)c(C)c1. The lowest BCUT2D eigenvalue weighted by molar-refractivity contribution is 0.103. The van der Waals surface area contributed by atoms with Crippen LogP contribution in [-0.4, -0.2) is 16.0 Å². The van der Waals surface area contributed by atoms with Gasteiger partial charge >= 0.3 is 0 Å². The van der Waals surface area contributed by atoms with Crippen LogP contribution >= 0.6 is 0 Å². The zero-order valence-electron chi connectivity index (χ0n) is 8.74. The molecule has 0 unspecified atom stereocenters. The number of nitrogens with one attached hydrogen (secondary N) is 1. The van der Waals surface area contributed by atoms with E-state index in [1.165, 1.54) is 0 Å². The number of hydrogen-bond donors (Lipinski definition) is 1. The Morgan fingerprint density at radius 2 is 2.07 bits per heavy atom. The molecule has 2 aromatic rings. The van der Waals surface area contributed by atoms with E-state index in [4.69, 9.17) is 0 Å². The third-order valence-corrected chi connectivity index (χ3v) is 2.37. The molecule has 0 spiro atoms. The van der Waals surface area contributed by atoms with E-state index in [0.29, 0.717) is 5.69 Å². The van der Waals surface area contributed by atoms with Crippen LogP contribution in [0.4, 0.5) is 0 Å². The average Bonchev–Trinajstić information content (AvgIpc) is 2.69. The second-order valence-corrected chi connectivity index (χ2v) is 3.62. The molecule has 0 aliphatic carbocycles. The lowest BCUT2D eigenvalue weighted by Gasteiger charge is -2.03. The lowest BCUT2D eigenvalue weighted by atomic mass is 10.0. The number of H-pyrrole nitrogens is 1. The van der Waals surface area contributed by atoms with Gasteiger partial charge in [-0.25, -0.2) is 0 Å². The predicted molar refractivity (Wildman–Crippen MR) is 57.9 cm³/mol. The molecule has 1 aromatic heterocycles. The highest BCUT2D eigenvalue weighted by molar-refractivity contribution is 6.08. The number of rotatable bonds is 2. The fourth-order valence-corrected chi connectivity index (χ4v) is 1.60.